The molecule has 0 radical (unpaired) electrons. The molecule has 5 atom stereocenters. The van der Waals surface area contributed by atoms with Gasteiger partial charge in [0.25, 0.3) is 5.56 Å². The van der Waals surface area contributed by atoms with Gasteiger partial charge >= 0.3 is 13.4 Å². The topological polar surface area (TPSA) is 169 Å². The Labute approximate surface area is 139 Å². The normalized spacial score (nSPS) is 28.8. The van der Waals surface area contributed by atoms with Gasteiger partial charge in [-0.25, -0.2) is 18.7 Å². The van der Waals surface area contributed by atoms with Crippen LogP contribution in [-0.2, 0) is 13.8 Å². The van der Waals surface area contributed by atoms with E-state index in [9.17, 15) is 29.3 Å². The van der Waals surface area contributed by atoms with Gasteiger partial charge in [-0.1, -0.05) is 0 Å². The number of hydrogen-bond acceptors (Lipinski definition) is 8. The van der Waals surface area contributed by atoms with E-state index in [0.29, 0.717) is 0 Å². The van der Waals surface area contributed by atoms with E-state index in [4.69, 9.17) is 9.26 Å². The number of aromatic nitrogens is 4. The second kappa shape index (κ2) is 6.67. The van der Waals surface area contributed by atoms with Crippen LogP contribution in [0.4, 0.5) is 0 Å². The Hall–Kier alpha value is -2.08. The summed E-state index contributed by atoms with van der Waals surface area (Å²) in [5, 5.41) is 20.1. The summed E-state index contributed by atoms with van der Waals surface area (Å²) in [4.78, 5) is 38.3. The highest BCUT2D eigenvalue weighted by atomic mass is 31.2. The van der Waals surface area contributed by atoms with Gasteiger partial charge in [0.15, 0.2) is 6.23 Å². The number of nitrogens with zero attached hydrogens (tertiary/aromatic N) is 3. The molecule has 0 aromatic carbocycles. The van der Waals surface area contributed by atoms with Gasteiger partial charge in [0.2, 0.25) is 0 Å². The van der Waals surface area contributed by atoms with Crippen LogP contribution >= 0.6 is 7.75 Å². The third-order valence-electron chi connectivity index (χ3n) is 3.65. The zero-order valence-electron chi connectivity index (χ0n) is 12.6. The van der Waals surface area contributed by atoms with Crippen molar-refractivity contribution in [2.75, 3.05) is 6.61 Å². The van der Waals surface area contributed by atoms with Crippen LogP contribution in [0.1, 0.15) is 6.23 Å². The minimum absolute atomic E-state index is 0.529. The summed E-state index contributed by atoms with van der Waals surface area (Å²) < 4.78 is 24.0. The first-order valence-corrected chi connectivity index (χ1v) is 8.62. The summed E-state index contributed by atoms with van der Waals surface area (Å²) in [6.07, 6.45) is -0.755. The van der Waals surface area contributed by atoms with Crippen LogP contribution in [0, 0.1) is 0 Å². The fourth-order valence-electron chi connectivity index (χ4n) is 2.36. The van der Waals surface area contributed by atoms with Gasteiger partial charge < -0.3 is 19.8 Å². The van der Waals surface area contributed by atoms with E-state index in [2.05, 4.69) is 4.98 Å². The number of imidazole rings is 1. The van der Waals surface area contributed by atoms with Crippen molar-refractivity contribution < 1.29 is 28.9 Å². The van der Waals surface area contributed by atoms with Gasteiger partial charge in [0.1, 0.15) is 24.6 Å². The molecule has 1 saturated heterocycles. The number of aliphatic hydroxyl groups excluding tert-OH is 2. The minimum Gasteiger partial charge on any atom is -0.387 e. The van der Waals surface area contributed by atoms with Crippen molar-refractivity contribution in [1.29, 1.82) is 0 Å². The molecule has 0 aliphatic carbocycles. The number of aliphatic hydroxyl groups is 2. The van der Waals surface area contributed by atoms with Crippen LogP contribution in [0.15, 0.2) is 40.6 Å². The van der Waals surface area contributed by atoms with Gasteiger partial charge in [-0.2, -0.15) is 0 Å². The molecule has 4 N–H and O–H groups in total. The highest BCUT2D eigenvalue weighted by Gasteiger charge is 2.45. The van der Waals surface area contributed by atoms with E-state index >= 15 is 0 Å². The summed E-state index contributed by atoms with van der Waals surface area (Å²) in [5.74, 6) is 0. The monoisotopic (exact) mass is 374 g/mol. The zero-order chi connectivity index (χ0) is 18.2. The van der Waals surface area contributed by atoms with Crippen LogP contribution in [0.3, 0.4) is 0 Å². The molecule has 3 heterocycles. The first-order valence-electron chi connectivity index (χ1n) is 7.09. The Morgan fingerprint density at radius 2 is 2.08 bits per heavy atom. The maximum absolute atomic E-state index is 12.0. The van der Waals surface area contributed by atoms with Crippen molar-refractivity contribution in [2.24, 2.45) is 0 Å². The summed E-state index contributed by atoms with van der Waals surface area (Å²) in [5.41, 5.74) is -1.47. The van der Waals surface area contributed by atoms with Crippen molar-refractivity contribution >= 4 is 7.75 Å². The SMILES string of the molecule is O=c1ccn([C@@H]2O[C@H](COP(=O)(O)n3ccnc3)[C@H](O)[C@@H]2O)c(=O)[nH]1. The summed E-state index contributed by atoms with van der Waals surface area (Å²) in [6, 6.07) is 1.05. The second-order valence-electron chi connectivity index (χ2n) is 5.29. The fourth-order valence-corrected chi connectivity index (χ4v) is 3.26. The van der Waals surface area contributed by atoms with Crippen molar-refractivity contribution in [3.05, 3.63) is 51.8 Å². The summed E-state index contributed by atoms with van der Waals surface area (Å²) >= 11 is 0. The van der Waals surface area contributed by atoms with E-state index in [-0.39, 0.29) is 0 Å². The molecule has 136 valence electrons. The lowest BCUT2D eigenvalue weighted by atomic mass is 10.1. The van der Waals surface area contributed by atoms with Crippen molar-refractivity contribution in [1.82, 2.24) is 18.9 Å². The Balaban J connectivity index is 1.73. The molecular weight excluding hydrogens is 359 g/mol. The molecule has 12 nitrogen and oxygen atoms in total. The molecule has 0 spiro atoms. The number of hydrogen-bond donors (Lipinski definition) is 4. The summed E-state index contributed by atoms with van der Waals surface area (Å²) in [7, 11) is -4.24. The third-order valence-corrected chi connectivity index (χ3v) is 4.96. The van der Waals surface area contributed by atoms with Gasteiger partial charge in [-0.15, -0.1) is 0 Å². The molecule has 2 aromatic rings. The molecule has 2 aromatic heterocycles. The largest absolute Gasteiger partial charge is 0.437 e. The predicted octanol–water partition coefficient (Wildman–Crippen LogP) is -1.98. The Bertz CT molecular complexity index is 893. The highest BCUT2D eigenvalue weighted by molar-refractivity contribution is 7.51. The third kappa shape index (κ3) is 3.49. The van der Waals surface area contributed by atoms with E-state index in [1.54, 1.807) is 0 Å². The fraction of sp³-hybridized carbons (Fsp3) is 0.417. The van der Waals surface area contributed by atoms with Crippen LogP contribution in [0.25, 0.3) is 0 Å². The molecule has 13 heteroatoms. The zero-order valence-corrected chi connectivity index (χ0v) is 13.5. The van der Waals surface area contributed by atoms with Crippen molar-refractivity contribution in [2.45, 2.75) is 24.5 Å². The molecule has 1 aliphatic heterocycles. The number of rotatable bonds is 5. The highest BCUT2D eigenvalue weighted by Crippen LogP contribution is 2.44. The lowest BCUT2D eigenvalue weighted by Crippen LogP contribution is -2.37. The van der Waals surface area contributed by atoms with Crippen LogP contribution in [0.2, 0.25) is 0 Å². The van der Waals surface area contributed by atoms with Crippen LogP contribution in [-0.4, -0.2) is 58.9 Å². The molecule has 0 amide bonds. The molecule has 3 rings (SSSR count). The van der Waals surface area contributed by atoms with Crippen molar-refractivity contribution in [3.8, 4) is 0 Å². The molecule has 1 unspecified atom stereocenters. The van der Waals surface area contributed by atoms with Gasteiger partial charge in [0.05, 0.1) is 6.61 Å². The van der Waals surface area contributed by atoms with E-state index in [1.807, 2.05) is 4.98 Å². The molecular formula is C12H15N4O8P. The van der Waals surface area contributed by atoms with Gasteiger partial charge in [-0.3, -0.25) is 18.9 Å². The standard InChI is InChI=1S/C12H15N4O8P/c17-8-1-3-16(12(20)14-8)11-10(19)9(18)7(24-11)5-23-25(21,22)15-4-2-13-6-15/h1-4,6-7,9-11,18-19H,5H2,(H,21,22)(H,14,17,20)/t7-,9+,10+,11-/m1/s1. The quantitative estimate of drug-likeness (QED) is 0.433. The average Bonchev–Trinajstić information content (AvgIpc) is 3.18. The molecule has 0 bridgehead atoms. The molecule has 0 saturated carbocycles. The molecule has 1 fully saturated rings. The number of nitrogens with one attached hydrogen (secondary N) is 1. The lowest BCUT2D eigenvalue weighted by Gasteiger charge is -2.18. The average molecular weight is 374 g/mol. The van der Waals surface area contributed by atoms with Crippen molar-refractivity contribution in [3.63, 3.8) is 0 Å². The Morgan fingerprint density at radius 1 is 1.32 bits per heavy atom. The first kappa shape index (κ1) is 17.7. The van der Waals surface area contributed by atoms with Gasteiger partial charge in [0, 0.05) is 24.7 Å². The van der Waals surface area contributed by atoms with E-state index in [0.717, 1.165) is 27.5 Å². The lowest BCUT2D eigenvalue weighted by molar-refractivity contribution is -0.0527. The van der Waals surface area contributed by atoms with E-state index < -0.39 is 50.1 Å². The van der Waals surface area contributed by atoms with Crippen LogP contribution in [0.5, 0.6) is 0 Å². The number of H-pyrrole nitrogens is 1. The molecule has 25 heavy (non-hydrogen) atoms. The summed E-state index contributed by atoms with van der Waals surface area (Å²) in [6.45, 7) is -0.529. The van der Waals surface area contributed by atoms with E-state index in [1.165, 1.54) is 12.4 Å². The number of ether oxygens (including phenoxy) is 1. The molecule has 1 aliphatic rings. The smallest absolute Gasteiger partial charge is 0.387 e. The Morgan fingerprint density at radius 3 is 2.72 bits per heavy atom. The number of aromatic amines is 1. The minimum atomic E-state index is -4.24. The Kier molecular flexibility index (Phi) is 4.73. The predicted molar refractivity (Wildman–Crippen MR) is 80.6 cm³/mol. The van der Waals surface area contributed by atoms with Gasteiger partial charge in [-0.05, 0) is 0 Å². The maximum Gasteiger partial charge on any atom is 0.437 e. The first-order chi connectivity index (χ1) is 11.8. The van der Waals surface area contributed by atoms with Crippen LogP contribution < -0.4 is 11.2 Å². The maximum atomic E-state index is 12.0. The second-order valence-corrected chi connectivity index (χ2v) is 6.99.